The molecule has 1 aliphatic carbocycles. The molecule has 1 saturated carbocycles. The van der Waals surface area contributed by atoms with E-state index >= 15 is 0 Å². The fourth-order valence-electron chi connectivity index (χ4n) is 5.38. The number of piperazine rings is 1. The molecular weight excluding hydrogens is 542 g/mol. The first-order valence-electron chi connectivity index (χ1n) is 13.1. The smallest absolute Gasteiger partial charge is 0.228 e. The first kappa shape index (κ1) is 25.7. The number of nitrogens with one attached hydrogen (secondary N) is 1. The number of aromatic nitrogens is 3. The molecule has 2 aromatic carbocycles. The summed E-state index contributed by atoms with van der Waals surface area (Å²) in [7, 11) is 0. The molecule has 2 fully saturated rings. The largest absolute Gasteiger partial charge is 0.338 e. The number of halogens is 3. The monoisotopic (exact) mass is 570 g/mol. The number of rotatable bonds is 7. The van der Waals surface area contributed by atoms with E-state index in [0.717, 1.165) is 53.3 Å². The second kappa shape index (κ2) is 11.3. The Labute approximate surface area is 235 Å². The Morgan fingerprint density at radius 1 is 0.921 bits per heavy atom. The summed E-state index contributed by atoms with van der Waals surface area (Å²) >= 11 is 14.4. The van der Waals surface area contributed by atoms with Crippen molar-refractivity contribution in [1.29, 1.82) is 0 Å². The molecule has 1 saturated heterocycles. The molecule has 2 aromatic heterocycles. The van der Waals surface area contributed by atoms with Gasteiger partial charge in [0.05, 0.1) is 0 Å². The molecule has 0 radical (unpaired) electrons. The van der Waals surface area contributed by atoms with Gasteiger partial charge in [-0.15, -0.1) is 0 Å². The van der Waals surface area contributed by atoms with Crippen molar-refractivity contribution in [3.8, 4) is 0 Å². The molecule has 3 heterocycles. The van der Waals surface area contributed by atoms with Crippen molar-refractivity contribution >= 4 is 62.3 Å². The maximum absolute atomic E-state index is 13.0. The van der Waals surface area contributed by atoms with E-state index in [1.165, 1.54) is 37.0 Å². The lowest BCUT2D eigenvalue weighted by Gasteiger charge is -2.38. The van der Waals surface area contributed by atoms with Gasteiger partial charge in [-0.25, -0.2) is 9.37 Å². The highest BCUT2D eigenvalue weighted by molar-refractivity contribution is 7.18. The third kappa shape index (κ3) is 5.45. The third-order valence-corrected chi connectivity index (χ3v) is 9.15. The van der Waals surface area contributed by atoms with Crippen LogP contribution in [0, 0.1) is 0 Å². The summed E-state index contributed by atoms with van der Waals surface area (Å²) in [5.41, 5.74) is 3.01. The Hall–Kier alpha value is -2.52. The van der Waals surface area contributed by atoms with E-state index in [1.807, 2.05) is 30.3 Å². The van der Waals surface area contributed by atoms with E-state index in [0.29, 0.717) is 39.3 Å². The van der Waals surface area contributed by atoms with Crippen LogP contribution in [0.25, 0.3) is 10.3 Å². The predicted molar refractivity (Wildman–Crippen MR) is 155 cm³/mol. The fraction of sp³-hybridized carbons (Fsp3) is 0.393. The van der Waals surface area contributed by atoms with Crippen molar-refractivity contribution in [1.82, 2.24) is 19.9 Å². The normalized spacial score (nSPS) is 17.0. The number of hydrogen-bond donors (Lipinski definition) is 1. The highest BCUT2D eigenvalue weighted by Crippen LogP contribution is 2.34. The van der Waals surface area contributed by atoms with Crippen molar-refractivity contribution < 1.29 is 4.39 Å². The van der Waals surface area contributed by atoms with E-state index in [2.05, 4.69) is 15.1 Å². The topological polar surface area (TPSA) is 57.2 Å². The number of nitrogens with zero attached hydrogens (tertiary/aromatic N) is 5. The van der Waals surface area contributed by atoms with Gasteiger partial charge in [-0.2, -0.15) is 9.97 Å². The van der Waals surface area contributed by atoms with Crippen molar-refractivity contribution in [2.75, 3.05) is 36.4 Å². The van der Waals surface area contributed by atoms with Crippen LogP contribution >= 0.6 is 34.5 Å². The molecular formula is C28H29Cl2FN6S. The predicted octanol–water partition coefficient (Wildman–Crippen LogP) is 7.26. The van der Waals surface area contributed by atoms with Gasteiger partial charge in [0.15, 0.2) is 10.6 Å². The zero-order valence-electron chi connectivity index (χ0n) is 21.0. The van der Waals surface area contributed by atoms with Crippen LogP contribution in [0.1, 0.15) is 41.8 Å². The zero-order chi connectivity index (χ0) is 26.1. The highest BCUT2D eigenvalue weighted by atomic mass is 35.5. The van der Waals surface area contributed by atoms with Crippen LogP contribution in [-0.2, 0) is 13.1 Å². The fourth-order valence-corrected chi connectivity index (χ4v) is 6.86. The van der Waals surface area contributed by atoms with E-state index in [9.17, 15) is 4.39 Å². The average molecular weight is 572 g/mol. The van der Waals surface area contributed by atoms with Gasteiger partial charge in [-0.1, -0.05) is 65.6 Å². The molecule has 0 spiro atoms. The lowest BCUT2D eigenvalue weighted by molar-refractivity contribution is 0.187. The van der Waals surface area contributed by atoms with Crippen LogP contribution in [0.5, 0.6) is 0 Å². The first-order chi connectivity index (χ1) is 18.6. The number of fused-ring (bicyclic) bond motifs is 1. The summed E-state index contributed by atoms with van der Waals surface area (Å²) in [4.78, 5) is 20.5. The molecule has 38 heavy (non-hydrogen) atoms. The second-order valence-corrected chi connectivity index (χ2v) is 11.8. The maximum Gasteiger partial charge on any atom is 0.228 e. The SMILES string of the molecule is FCc1ccc(Nc2nc(N3CCN(C4CCCC4)CC3)nc3sc(Cc4c(Cl)cccc4Cl)nc23)cc1. The van der Waals surface area contributed by atoms with Gasteiger partial charge in [0.25, 0.3) is 0 Å². The van der Waals surface area contributed by atoms with E-state index < -0.39 is 6.67 Å². The minimum Gasteiger partial charge on any atom is -0.338 e. The molecule has 1 aliphatic heterocycles. The van der Waals surface area contributed by atoms with Crippen molar-refractivity contribution in [3.05, 3.63) is 68.6 Å². The molecule has 0 atom stereocenters. The minimum absolute atomic E-state index is 0.491. The number of alkyl halides is 1. The van der Waals surface area contributed by atoms with Gasteiger partial charge in [0, 0.05) is 54.4 Å². The van der Waals surface area contributed by atoms with E-state index in [-0.39, 0.29) is 0 Å². The second-order valence-electron chi connectivity index (χ2n) is 9.93. The van der Waals surface area contributed by atoms with Crippen LogP contribution in [0.2, 0.25) is 10.0 Å². The maximum atomic E-state index is 13.0. The Morgan fingerprint density at radius 2 is 1.63 bits per heavy atom. The molecule has 0 unspecified atom stereocenters. The van der Waals surface area contributed by atoms with Gasteiger partial charge in [-0.05, 0) is 48.2 Å². The quantitative estimate of drug-likeness (QED) is 0.252. The van der Waals surface area contributed by atoms with Crippen LogP contribution < -0.4 is 10.2 Å². The molecule has 0 amide bonds. The third-order valence-electron chi connectivity index (χ3n) is 7.49. The van der Waals surface area contributed by atoms with Gasteiger partial charge in [0.2, 0.25) is 5.95 Å². The molecule has 2 aliphatic rings. The lowest BCUT2D eigenvalue weighted by atomic mass is 10.1. The van der Waals surface area contributed by atoms with E-state index in [4.69, 9.17) is 38.2 Å². The Morgan fingerprint density at radius 3 is 2.32 bits per heavy atom. The van der Waals surface area contributed by atoms with Crippen LogP contribution in [0.15, 0.2) is 42.5 Å². The average Bonchev–Trinajstić information content (AvgIpc) is 3.62. The molecule has 6 nitrogen and oxygen atoms in total. The number of anilines is 3. The van der Waals surface area contributed by atoms with E-state index in [1.54, 1.807) is 12.1 Å². The first-order valence-corrected chi connectivity index (χ1v) is 14.7. The Bertz CT molecular complexity index is 1390. The lowest BCUT2D eigenvalue weighted by Crippen LogP contribution is -2.50. The number of benzene rings is 2. The highest BCUT2D eigenvalue weighted by Gasteiger charge is 2.28. The standard InChI is InChI=1S/C28H29Cl2FN6S/c29-22-6-3-7-23(30)21(22)16-24-33-25-26(32-19-10-8-18(17-31)9-11-19)34-28(35-27(25)38-24)37-14-12-36(13-15-37)20-4-1-2-5-20/h3,6-11,20H,1-2,4-5,12-17H2,(H,32,34,35). The van der Waals surface area contributed by atoms with Crippen molar-refractivity contribution in [2.24, 2.45) is 0 Å². The van der Waals surface area contributed by atoms with Gasteiger partial charge in [-0.3, -0.25) is 4.90 Å². The summed E-state index contributed by atoms with van der Waals surface area (Å²) in [5.74, 6) is 1.35. The molecule has 0 bridgehead atoms. The number of thiazole rings is 1. The zero-order valence-corrected chi connectivity index (χ0v) is 23.3. The van der Waals surface area contributed by atoms with Gasteiger partial charge < -0.3 is 10.2 Å². The summed E-state index contributed by atoms with van der Waals surface area (Å²) < 4.78 is 13.0. The Kier molecular flexibility index (Phi) is 7.66. The molecule has 1 N–H and O–H groups in total. The number of hydrogen-bond acceptors (Lipinski definition) is 7. The van der Waals surface area contributed by atoms with Crippen LogP contribution in [0.4, 0.5) is 21.8 Å². The summed E-state index contributed by atoms with van der Waals surface area (Å²) in [5, 5.41) is 5.52. The summed E-state index contributed by atoms with van der Waals surface area (Å²) in [6.07, 6.45) is 5.84. The summed E-state index contributed by atoms with van der Waals surface area (Å²) in [6.45, 7) is 3.35. The van der Waals surface area contributed by atoms with Crippen molar-refractivity contribution in [3.63, 3.8) is 0 Å². The molecule has 10 heteroatoms. The van der Waals surface area contributed by atoms with Gasteiger partial charge in [0.1, 0.15) is 17.2 Å². The summed E-state index contributed by atoms with van der Waals surface area (Å²) in [6, 6.07) is 13.5. The van der Waals surface area contributed by atoms with Crippen LogP contribution in [-0.4, -0.2) is 52.1 Å². The Balaban J connectivity index is 1.31. The molecule has 4 aromatic rings. The van der Waals surface area contributed by atoms with Crippen molar-refractivity contribution in [2.45, 2.75) is 44.8 Å². The minimum atomic E-state index is -0.491. The van der Waals surface area contributed by atoms with Gasteiger partial charge >= 0.3 is 0 Å². The van der Waals surface area contributed by atoms with Crippen LogP contribution in [0.3, 0.4) is 0 Å². The molecule has 6 rings (SSSR count). The molecule has 198 valence electrons.